The largest absolute Gasteiger partial charge is 0.444 e. The minimum Gasteiger partial charge on any atom is -0.444 e. The Labute approximate surface area is 222 Å². The van der Waals surface area contributed by atoms with Gasteiger partial charge >= 0.3 is 16.3 Å². The van der Waals surface area contributed by atoms with Crippen LogP contribution in [-0.2, 0) is 14.9 Å². The first-order valence-corrected chi connectivity index (χ1v) is 14.1. The molecule has 206 valence electrons. The number of ether oxygens (including phenoxy) is 1. The molecule has 1 aromatic heterocycles. The van der Waals surface area contributed by atoms with Gasteiger partial charge in [0.25, 0.3) is 5.92 Å². The second-order valence-corrected chi connectivity index (χ2v) is 13.0. The summed E-state index contributed by atoms with van der Waals surface area (Å²) in [5, 5.41) is 0. The zero-order valence-corrected chi connectivity index (χ0v) is 23.1. The molecule has 0 radical (unpaired) electrons. The summed E-state index contributed by atoms with van der Waals surface area (Å²) in [5.41, 5.74) is 2.63. The van der Waals surface area contributed by atoms with Crippen molar-refractivity contribution in [2.75, 3.05) is 53.3 Å². The number of amides is 1. The first kappa shape index (κ1) is 26.5. The van der Waals surface area contributed by atoms with Crippen molar-refractivity contribution in [2.24, 2.45) is 5.92 Å². The predicted octanol–water partition coefficient (Wildman–Crippen LogP) is 4.27. The van der Waals surface area contributed by atoms with Crippen molar-refractivity contribution in [2.45, 2.75) is 45.6 Å². The number of nitrogens with zero attached hydrogens (tertiary/aromatic N) is 5. The summed E-state index contributed by atoms with van der Waals surface area (Å²) in [6.07, 6.45) is -0.621. The zero-order chi connectivity index (χ0) is 27.6. The number of hydrogen-bond donors (Lipinski definition) is 0. The Balaban J connectivity index is 1.36. The number of halogens is 2. The van der Waals surface area contributed by atoms with Gasteiger partial charge in [0.1, 0.15) is 11.4 Å². The number of pyridine rings is 1. The first-order chi connectivity index (χ1) is 17.7. The highest BCUT2D eigenvalue weighted by Crippen LogP contribution is 2.51. The molecule has 5 rings (SSSR count). The van der Waals surface area contributed by atoms with Crippen LogP contribution in [0.5, 0.6) is 0 Å². The number of aryl methyl sites for hydroxylation is 1. The Kier molecular flexibility index (Phi) is 6.24. The van der Waals surface area contributed by atoms with E-state index in [0.717, 1.165) is 25.6 Å². The maximum Gasteiger partial charge on any atom is 0.410 e. The highest BCUT2D eigenvalue weighted by atomic mass is 32.2. The topological polar surface area (TPSA) is 86.3 Å². The molecule has 2 fully saturated rings. The third kappa shape index (κ3) is 4.85. The van der Waals surface area contributed by atoms with Crippen LogP contribution in [0.1, 0.15) is 32.8 Å². The molecule has 1 saturated heterocycles. The van der Waals surface area contributed by atoms with E-state index in [4.69, 9.17) is 9.72 Å². The van der Waals surface area contributed by atoms with Crippen LogP contribution in [0.3, 0.4) is 0 Å². The molecule has 1 aromatic carbocycles. The van der Waals surface area contributed by atoms with Crippen LogP contribution in [0.15, 0.2) is 30.3 Å². The lowest BCUT2D eigenvalue weighted by Crippen LogP contribution is -2.50. The van der Waals surface area contributed by atoms with Crippen LogP contribution in [-0.4, -0.2) is 75.7 Å². The summed E-state index contributed by atoms with van der Waals surface area (Å²) in [6.45, 7) is 9.43. The fourth-order valence-corrected chi connectivity index (χ4v) is 6.28. The number of rotatable bonds is 4. The monoisotopic (exact) mass is 549 g/mol. The van der Waals surface area contributed by atoms with Gasteiger partial charge in [-0.1, -0.05) is 12.1 Å². The fraction of sp³-hybridized carbons (Fsp3) is 0.538. The van der Waals surface area contributed by atoms with Gasteiger partial charge in [-0.2, -0.15) is 8.42 Å². The van der Waals surface area contributed by atoms with Gasteiger partial charge in [-0.25, -0.2) is 18.6 Å². The summed E-state index contributed by atoms with van der Waals surface area (Å²) in [5.74, 6) is -3.02. The fourth-order valence-electron chi connectivity index (χ4n) is 4.82. The molecule has 9 nitrogen and oxygen atoms in total. The molecular formula is C26H33F2N5O4S. The third-order valence-electron chi connectivity index (χ3n) is 7.16. The molecule has 3 aliphatic rings. The number of benzene rings is 1. The summed E-state index contributed by atoms with van der Waals surface area (Å²) >= 11 is 0. The van der Waals surface area contributed by atoms with Gasteiger partial charge in [0, 0.05) is 57.7 Å². The minimum absolute atomic E-state index is 0.242. The average Bonchev–Trinajstić information content (AvgIpc) is 3.41. The second kappa shape index (κ2) is 8.96. The van der Waals surface area contributed by atoms with Gasteiger partial charge in [-0.15, -0.1) is 0 Å². The summed E-state index contributed by atoms with van der Waals surface area (Å²) < 4.78 is 60.8. The number of anilines is 3. The molecule has 0 spiro atoms. The molecule has 0 bridgehead atoms. The highest BCUT2D eigenvalue weighted by molar-refractivity contribution is 7.94. The number of aromatic nitrogens is 1. The van der Waals surface area contributed by atoms with E-state index in [1.165, 1.54) is 7.05 Å². The SMILES string of the molecule is Cc1ccc(N2CCN(C(=O)OC(C)(C)C)CC2)nc1-c1ccc2c(c1)N(C)S(=O)(=O)N2CC1CC1(F)F. The molecule has 1 saturated carbocycles. The molecule has 1 amide bonds. The van der Waals surface area contributed by atoms with Crippen molar-refractivity contribution >= 4 is 33.5 Å². The predicted molar refractivity (Wildman–Crippen MR) is 142 cm³/mol. The van der Waals surface area contributed by atoms with Gasteiger partial charge < -0.3 is 14.5 Å². The Morgan fingerprint density at radius 2 is 1.76 bits per heavy atom. The van der Waals surface area contributed by atoms with Crippen molar-refractivity contribution in [3.8, 4) is 11.3 Å². The lowest BCUT2D eigenvalue weighted by molar-refractivity contribution is 0.0240. The smallest absolute Gasteiger partial charge is 0.410 e. The minimum atomic E-state index is -3.93. The summed E-state index contributed by atoms with van der Waals surface area (Å²) in [6, 6.07) is 9.10. The van der Waals surface area contributed by atoms with Gasteiger partial charge in [-0.3, -0.25) is 8.61 Å². The first-order valence-electron chi connectivity index (χ1n) is 12.7. The number of hydrogen-bond acceptors (Lipinski definition) is 6. The van der Waals surface area contributed by atoms with Gasteiger partial charge in [-0.05, 0) is 51.5 Å². The Morgan fingerprint density at radius 1 is 1.11 bits per heavy atom. The number of carbonyl (C=O) groups is 1. The molecule has 3 heterocycles. The molecule has 38 heavy (non-hydrogen) atoms. The normalized spacial score (nSPS) is 21.9. The van der Waals surface area contributed by atoms with E-state index in [-0.39, 0.29) is 19.1 Å². The molecular weight excluding hydrogens is 516 g/mol. The molecule has 0 N–H and O–H groups in total. The van der Waals surface area contributed by atoms with Gasteiger partial charge in [0.05, 0.1) is 17.1 Å². The highest BCUT2D eigenvalue weighted by Gasteiger charge is 2.59. The van der Waals surface area contributed by atoms with Crippen LogP contribution >= 0.6 is 0 Å². The quantitative estimate of drug-likeness (QED) is 0.566. The third-order valence-corrected chi connectivity index (χ3v) is 8.95. The van der Waals surface area contributed by atoms with E-state index in [0.29, 0.717) is 43.2 Å². The zero-order valence-electron chi connectivity index (χ0n) is 22.2. The van der Waals surface area contributed by atoms with Crippen molar-refractivity contribution in [1.29, 1.82) is 0 Å². The number of alkyl halides is 2. The Hall–Kier alpha value is -3.15. The molecule has 1 aliphatic carbocycles. The maximum atomic E-state index is 13.5. The van der Waals surface area contributed by atoms with Crippen LogP contribution in [0.25, 0.3) is 11.3 Å². The summed E-state index contributed by atoms with van der Waals surface area (Å²) in [7, 11) is -2.49. The van der Waals surface area contributed by atoms with E-state index < -0.39 is 27.7 Å². The standard InChI is InChI=1S/C26H33F2N5O4S/c1-17-6-9-22(31-10-12-32(13-11-31)24(34)37-25(2,3)4)29-23(17)18-7-8-20-21(14-18)30(5)38(35,36)33(20)16-19-15-26(19,27)28/h6-9,14,19H,10-13,15-16H2,1-5H3. The number of fused-ring (bicyclic) bond motifs is 1. The van der Waals surface area contributed by atoms with Crippen molar-refractivity contribution in [3.05, 3.63) is 35.9 Å². The maximum absolute atomic E-state index is 13.5. The van der Waals surface area contributed by atoms with E-state index in [1.807, 2.05) is 39.8 Å². The van der Waals surface area contributed by atoms with Crippen LogP contribution < -0.4 is 13.5 Å². The van der Waals surface area contributed by atoms with E-state index in [1.54, 1.807) is 23.1 Å². The van der Waals surface area contributed by atoms with E-state index in [9.17, 15) is 22.0 Å². The second-order valence-electron chi connectivity index (χ2n) is 11.2. The number of piperazine rings is 1. The van der Waals surface area contributed by atoms with Gasteiger partial charge in [0.15, 0.2) is 0 Å². The van der Waals surface area contributed by atoms with Gasteiger partial charge in [0.2, 0.25) is 0 Å². The lowest BCUT2D eigenvalue weighted by atomic mass is 10.0. The Bertz CT molecular complexity index is 1370. The summed E-state index contributed by atoms with van der Waals surface area (Å²) in [4.78, 5) is 21.1. The molecule has 1 unspecified atom stereocenters. The number of carbonyl (C=O) groups excluding carboxylic acids is 1. The Morgan fingerprint density at radius 3 is 2.37 bits per heavy atom. The molecule has 12 heteroatoms. The van der Waals surface area contributed by atoms with Crippen molar-refractivity contribution in [1.82, 2.24) is 9.88 Å². The lowest BCUT2D eigenvalue weighted by Gasteiger charge is -2.36. The van der Waals surface area contributed by atoms with Crippen molar-refractivity contribution < 1.29 is 26.7 Å². The van der Waals surface area contributed by atoms with E-state index in [2.05, 4.69) is 4.90 Å². The van der Waals surface area contributed by atoms with E-state index >= 15 is 0 Å². The van der Waals surface area contributed by atoms with Crippen molar-refractivity contribution in [3.63, 3.8) is 0 Å². The van der Waals surface area contributed by atoms with Crippen LogP contribution in [0, 0.1) is 12.8 Å². The van der Waals surface area contributed by atoms with Crippen LogP contribution in [0.4, 0.5) is 30.8 Å². The molecule has 2 aromatic rings. The average molecular weight is 550 g/mol. The molecule has 2 aliphatic heterocycles. The molecule has 1 atom stereocenters. The van der Waals surface area contributed by atoms with Crippen LogP contribution in [0.2, 0.25) is 0 Å².